The van der Waals surface area contributed by atoms with Crippen LogP contribution in [0.3, 0.4) is 0 Å². The molecule has 0 aliphatic carbocycles. The molecule has 102 valence electrons. The second kappa shape index (κ2) is 5.59. The summed E-state index contributed by atoms with van der Waals surface area (Å²) < 4.78 is 0.953. The van der Waals surface area contributed by atoms with E-state index >= 15 is 0 Å². The van der Waals surface area contributed by atoms with E-state index in [9.17, 15) is 0 Å². The van der Waals surface area contributed by atoms with Crippen LogP contribution in [-0.2, 0) is 0 Å². The van der Waals surface area contributed by atoms with Gasteiger partial charge in [0.15, 0.2) is 0 Å². The average Bonchev–Trinajstić information content (AvgIpc) is 2.25. The van der Waals surface area contributed by atoms with Crippen molar-refractivity contribution >= 4 is 47.5 Å². The topological polar surface area (TPSA) is 0 Å². The van der Waals surface area contributed by atoms with Gasteiger partial charge in [-0.15, -0.1) is 0 Å². The summed E-state index contributed by atoms with van der Waals surface area (Å²) in [6.07, 6.45) is 0. The zero-order valence-corrected chi connectivity index (χ0v) is 18.8. The quantitative estimate of drug-likeness (QED) is 0.510. The molecule has 2 heteroatoms. The molecule has 0 aliphatic rings. The Kier molecular flexibility index (Phi) is 4.61. The molecule has 0 atom stereocenters. The van der Waals surface area contributed by atoms with Crippen LogP contribution in [0.2, 0.25) is 29.6 Å². The van der Waals surface area contributed by atoms with E-state index in [-0.39, 0.29) is 0 Å². The maximum atomic E-state index is 2.61. The summed E-state index contributed by atoms with van der Waals surface area (Å²) in [4.78, 5) is 15.7. The van der Waals surface area contributed by atoms with Crippen molar-refractivity contribution in [3.63, 3.8) is 0 Å². The molecule has 2 rings (SSSR count). The van der Waals surface area contributed by atoms with Gasteiger partial charge in [-0.25, -0.2) is 0 Å². The fraction of sp³-hybridized carbons (Fsp3) is 0.412. The third-order valence-electron chi connectivity index (χ3n) is 3.87. The minimum absolute atomic E-state index is 0.953. The Morgan fingerprint density at radius 3 is 1.79 bits per heavy atom. The molecule has 0 radical (unpaired) electrons. The molecule has 0 bridgehead atoms. The van der Waals surface area contributed by atoms with Crippen molar-refractivity contribution in [3.8, 4) is 0 Å². The van der Waals surface area contributed by atoms with Crippen LogP contribution in [0.15, 0.2) is 42.5 Å². The van der Waals surface area contributed by atoms with Crippen LogP contribution in [-0.4, -0.2) is 36.8 Å². The van der Waals surface area contributed by atoms with Gasteiger partial charge in [0.1, 0.15) is 0 Å². The van der Waals surface area contributed by atoms with Gasteiger partial charge in [0.25, 0.3) is 0 Å². The van der Waals surface area contributed by atoms with Gasteiger partial charge in [-0.3, -0.25) is 0 Å². The number of rotatable bonds is 3. The Balaban J connectivity index is 2.70. The summed E-state index contributed by atoms with van der Waals surface area (Å²) in [6.45, 7) is 0. The molecule has 0 unspecified atom stereocenters. The fourth-order valence-corrected chi connectivity index (χ4v) is 67.7. The van der Waals surface area contributed by atoms with Crippen LogP contribution < -0.4 is 0 Å². The molecule has 0 saturated carbocycles. The van der Waals surface area contributed by atoms with Crippen LogP contribution in [0.4, 0.5) is 0 Å². The van der Waals surface area contributed by atoms with Crippen molar-refractivity contribution < 1.29 is 0 Å². The van der Waals surface area contributed by atoms with Crippen LogP contribution in [0.25, 0.3) is 10.8 Å². The first-order chi connectivity index (χ1) is 8.71. The zero-order chi connectivity index (χ0) is 14.3. The third kappa shape index (κ3) is 3.49. The van der Waals surface area contributed by atoms with Gasteiger partial charge in [-0.05, 0) is 0 Å². The molecule has 0 fully saturated rings. The summed E-state index contributed by atoms with van der Waals surface area (Å²) in [5.41, 5.74) is 1.67. The molecule has 0 amide bonds. The minimum atomic E-state index is -1.97. The number of fused-ring (bicyclic) bond motifs is 1. The van der Waals surface area contributed by atoms with Crippen molar-refractivity contribution in [1.82, 2.24) is 0 Å². The molecule has 0 saturated heterocycles. The molecular formula is C17H26Sn2. The van der Waals surface area contributed by atoms with E-state index in [2.05, 4.69) is 72.1 Å². The number of benzene rings is 2. The van der Waals surface area contributed by atoms with E-state index in [4.69, 9.17) is 0 Å². The number of hydrogen-bond donors (Lipinski definition) is 0. The third-order valence-corrected chi connectivity index (χ3v) is 48.7. The molecule has 0 heterocycles. The average molecular weight is 468 g/mol. The normalized spacial score (nSPS) is 13.2. The first kappa shape index (κ1) is 15.7. The monoisotopic (exact) mass is 470 g/mol. The fourth-order valence-electron chi connectivity index (χ4n) is 3.73. The van der Waals surface area contributed by atoms with Crippen molar-refractivity contribution in [2.75, 3.05) is 0 Å². The molecule has 0 aliphatic heterocycles. The molecular weight excluding hydrogens is 442 g/mol. The van der Waals surface area contributed by atoms with Crippen molar-refractivity contribution in [2.24, 2.45) is 0 Å². The SMILES string of the molecule is [CH3][Sn]([CH3])([CH3])[CH](c1cccc2ccccc12)[Sn]([CH3])([CH3])[CH3]. The molecule has 2 aromatic rings. The summed E-state index contributed by atoms with van der Waals surface area (Å²) in [7, 11) is 0. The molecule has 2 aromatic carbocycles. The van der Waals surface area contributed by atoms with E-state index < -0.39 is 36.8 Å². The Morgan fingerprint density at radius 1 is 0.684 bits per heavy atom. The van der Waals surface area contributed by atoms with Gasteiger partial charge in [0.2, 0.25) is 0 Å². The van der Waals surface area contributed by atoms with E-state index in [0.29, 0.717) is 0 Å². The first-order valence-corrected chi connectivity index (χ1v) is 27.6. The van der Waals surface area contributed by atoms with Gasteiger partial charge in [0.05, 0.1) is 0 Å². The first-order valence-electron chi connectivity index (χ1n) is 7.19. The van der Waals surface area contributed by atoms with Crippen LogP contribution >= 0.6 is 0 Å². The summed E-state index contributed by atoms with van der Waals surface area (Å²) >= 11 is -3.94. The Bertz CT molecular complexity index is 554. The number of hydrogen-bond acceptors (Lipinski definition) is 0. The van der Waals surface area contributed by atoms with E-state index in [1.54, 1.807) is 5.56 Å². The Morgan fingerprint density at radius 2 is 1.21 bits per heavy atom. The van der Waals surface area contributed by atoms with E-state index in [1.165, 1.54) is 10.8 Å². The Hall–Kier alpha value is 0.297. The molecule has 0 nitrogen and oxygen atoms in total. The van der Waals surface area contributed by atoms with Crippen LogP contribution in [0.5, 0.6) is 0 Å². The standard InChI is InChI=1S/C11H8.6CH3.2Sn/c1-9-5-4-7-10-6-2-3-8-11(9)10;;;;;;;;/h1-8H;6*1H3;;. The van der Waals surface area contributed by atoms with Gasteiger partial charge in [0, 0.05) is 0 Å². The van der Waals surface area contributed by atoms with Gasteiger partial charge < -0.3 is 0 Å². The summed E-state index contributed by atoms with van der Waals surface area (Å²) in [5.74, 6) is 0. The van der Waals surface area contributed by atoms with E-state index in [0.717, 1.165) is 1.95 Å². The summed E-state index contributed by atoms with van der Waals surface area (Å²) in [6, 6.07) is 15.9. The zero-order valence-electron chi connectivity index (χ0n) is 13.1. The van der Waals surface area contributed by atoms with Crippen LogP contribution in [0, 0.1) is 0 Å². The molecule has 19 heavy (non-hydrogen) atoms. The van der Waals surface area contributed by atoms with Crippen molar-refractivity contribution in [3.05, 3.63) is 48.0 Å². The maximum absolute atomic E-state index is 2.61. The summed E-state index contributed by atoms with van der Waals surface area (Å²) in [5, 5.41) is 2.92. The van der Waals surface area contributed by atoms with Crippen LogP contribution in [0.1, 0.15) is 7.51 Å². The predicted octanol–water partition coefficient (Wildman–Crippen LogP) is 5.68. The van der Waals surface area contributed by atoms with Crippen molar-refractivity contribution in [1.29, 1.82) is 0 Å². The molecule has 0 spiro atoms. The van der Waals surface area contributed by atoms with Crippen molar-refractivity contribution in [2.45, 2.75) is 31.6 Å². The van der Waals surface area contributed by atoms with Gasteiger partial charge >= 0.3 is 127 Å². The molecule has 0 N–H and O–H groups in total. The second-order valence-corrected chi connectivity index (χ2v) is 42.7. The molecule has 0 aromatic heterocycles. The van der Waals surface area contributed by atoms with Gasteiger partial charge in [-0.1, -0.05) is 0 Å². The van der Waals surface area contributed by atoms with E-state index in [1.807, 2.05) is 0 Å². The Labute approximate surface area is 126 Å². The predicted molar refractivity (Wildman–Crippen MR) is 93.4 cm³/mol. The van der Waals surface area contributed by atoms with Gasteiger partial charge in [-0.2, -0.15) is 0 Å². The second-order valence-electron chi connectivity index (χ2n) is 7.73.